The molecule has 0 aliphatic carbocycles. The summed E-state index contributed by atoms with van der Waals surface area (Å²) in [6.45, 7) is 5.60. The third-order valence-corrected chi connectivity index (χ3v) is 4.32. The van der Waals surface area contributed by atoms with Gasteiger partial charge in [0.25, 0.3) is 0 Å². The van der Waals surface area contributed by atoms with Crippen molar-refractivity contribution in [2.24, 2.45) is 0 Å². The van der Waals surface area contributed by atoms with Crippen LogP contribution in [0.25, 0.3) is 0 Å². The Kier molecular flexibility index (Phi) is 5.74. The van der Waals surface area contributed by atoms with Crippen LogP contribution in [0.4, 0.5) is 0 Å². The van der Waals surface area contributed by atoms with Crippen LogP contribution < -0.4 is 9.46 Å². The molecular formula is C14H21NO5S. The molecule has 0 fully saturated rings. The van der Waals surface area contributed by atoms with Crippen molar-refractivity contribution in [2.75, 3.05) is 6.61 Å². The van der Waals surface area contributed by atoms with E-state index >= 15 is 0 Å². The van der Waals surface area contributed by atoms with Gasteiger partial charge in [-0.15, -0.1) is 0 Å². The zero-order valence-corrected chi connectivity index (χ0v) is 13.2. The second-order valence-electron chi connectivity index (χ2n) is 5.38. The molecule has 0 aliphatic heterocycles. The number of carboxylic acid groups (broad SMARTS) is 1. The minimum absolute atomic E-state index is 0.0739. The van der Waals surface area contributed by atoms with Crippen LogP contribution >= 0.6 is 0 Å². The molecule has 0 unspecified atom stereocenters. The molecule has 0 atom stereocenters. The van der Waals surface area contributed by atoms with Gasteiger partial charge in [0, 0.05) is 5.54 Å². The Morgan fingerprint density at radius 2 is 1.86 bits per heavy atom. The third-order valence-electron chi connectivity index (χ3n) is 2.61. The van der Waals surface area contributed by atoms with Crippen molar-refractivity contribution in [1.29, 1.82) is 0 Å². The predicted octanol–water partition coefficient (Wildman–Crippen LogP) is 2.01. The second kappa shape index (κ2) is 6.91. The summed E-state index contributed by atoms with van der Waals surface area (Å²) >= 11 is 0. The van der Waals surface area contributed by atoms with Gasteiger partial charge in [0.1, 0.15) is 5.75 Å². The number of hydrogen-bond donors (Lipinski definition) is 2. The summed E-state index contributed by atoms with van der Waals surface area (Å²) in [6.07, 6.45) is 0.564. The maximum absolute atomic E-state index is 12.2. The molecule has 1 rings (SSSR count). The molecule has 0 heterocycles. The maximum atomic E-state index is 12.2. The third kappa shape index (κ3) is 5.73. The lowest BCUT2D eigenvalue weighted by Gasteiger charge is -2.23. The molecule has 0 saturated carbocycles. The summed E-state index contributed by atoms with van der Waals surface area (Å²) < 4.78 is 32.2. The number of sulfonamides is 1. The van der Waals surface area contributed by atoms with E-state index in [0.29, 0.717) is 12.4 Å². The lowest BCUT2D eigenvalue weighted by Crippen LogP contribution is -2.44. The van der Waals surface area contributed by atoms with Crippen molar-refractivity contribution in [1.82, 2.24) is 4.72 Å². The summed E-state index contributed by atoms with van der Waals surface area (Å²) in [6, 6.07) is 6.02. The number of rotatable bonds is 8. The first-order chi connectivity index (χ1) is 9.66. The number of aliphatic carboxylic acids is 1. The highest BCUT2D eigenvalue weighted by atomic mass is 32.2. The average molecular weight is 315 g/mol. The van der Waals surface area contributed by atoms with E-state index in [4.69, 9.17) is 9.84 Å². The Labute approximate surface area is 125 Å². The van der Waals surface area contributed by atoms with Crippen LogP contribution in [0.15, 0.2) is 29.2 Å². The SMILES string of the molecule is CCCOc1ccc(S(=O)(=O)NC(C)(C)CC(=O)O)cc1. The highest BCUT2D eigenvalue weighted by Crippen LogP contribution is 2.19. The summed E-state index contributed by atoms with van der Waals surface area (Å²) in [7, 11) is -3.77. The van der Waals surface area contributed by atoms with Crippen molar-refractivity contribution in [3.05, 3.63) is 24.3 Å². The van der Waals surface area contributed by atoms with Crippen LogP contribution in [0.1, 0.15) is 33.6 Å². The molecule has 6 nitrogen and oxygen atoms in total. The topological polar surface area (TPSA) is 92.7 Å². The minimum Gasteiger partial charge on any atom is -0.494 e. The largest absolute Gasteiger partial charge is 0.494 e. The highest BCUT2D eigenvalue weighted by molar-refractivity contribution is 7.89. The maximum Gasteiger partial charge on any atom is 0.305 e. The fourth-order valence-electron chi connectivity index (χ4n) is 1.77. The Hall–Kier alpha value is -1.60. The minimum atomic E-state index is -3.77. The van der Waals surface area contributed by atoms with Gasteiger partial charge in [-0.05, 0) is 44.5 Å². The second-order valence-corrected chi connectivity index (χ2v) is 7.06. The van der Waals surface area contributed by atoms with Crippen LogP contribution in [0.2, 0.25) is 0 Å². The zero-order valence-electron chi connectivity index (χ0n) is 12.4. The molecular weight excluding hydrogens is 294 g/mol. The highest BCUT2D eigenvalue weighted by Gasteiger charge is 2.28. The smallest absolute Gasteiger partial charge is 0.305 e. The molecule has 0 spiro atoms. The molecule has 0 saturated heterocycles. The van der Waals surface area contributed by atoms with Gasteiger partial charge in [-0.25, -0.2) is 13.1 Å². The number of ether oxygens (including phenoxy) is 1. The van der Waals surface area contributed by atoms with E-state index in [2.05, 4.69) is 4.72 Å². The molecule has 7 heteroatoms. The van der Waals surface area contributed by atoms with Gasteiger partial charge in [-0.2, -0.15) is 0 Å². The van der Waals surface area contributed by atoms with E-state index in [9.17, 15) is 13.2 Å². The number of carbonyl (C=O) groups is 1. The molecule has 21 heavy (non-hydrogen) atoms. The van der Waals surface area contributed by atoms with Gasteiger partial charge < -0.3 is 9.84 Å². The molecule has 0 amide bonds. The van der Waals surface area contributed by atoms with Crippen LogP contribution in [0, 0.1) is 0 Å². The Morgan fingerprint density at radius 3 is 2.33 bits per heavy atom. The first-order valence-electron chi connectivity index (χ1n) is 6.65. The molecule has 118 valence electrons. The molecule has 1 aromatic carbocycles. The molecule has 0 bridgehead atoms. The normalized spacial score (nSPS) is 12.1. The number of benzene rings is 1. The lowest BCUT2D eigenvalue weighted by molar-refractivity contribution is -0.138. The van der Waals surface area contributed by atoms with Crippen molar-refractivity contribution in [2.45, 2.75) is 44.0 Å². The van der Waals surface area contributed by atoms with Crippen LogP contribution in [-0.2, 0) is 14.8 Å². The zero-order chi connectivity index (χ0) is 16.1. The Morgan fingerprint density at radius 1 is 1.29 bits per heavy atom. The number of hydrogen-bond acceptors (Lipinski definition) is 4. The van der Waals surface area contributed by atoms with Crippen molar-refractivity contribution >= 4 is 16.0 Å². The van der Waals surface area contributed by atoms with Crippen LogP contribution in [0.3, 0.4) is 0 Å². The van der Waals surface area contributed by atoms with Crippen molar-refractivity contribution < 1.29 is 23.1 Å². The average Bonchev–Trinajstić information content (AvgIpc) is 2.33. The van der Waals surface area contributed by atoms with Gasteiger partial charge in [0.05, 0.1) is 17.9 Å². The summed E-state index contributed by atoms with van der Waals surface area (Å²) in [5.74, 6) is -0.466. The first-order valence-corrected chi connectivity index (χ1v) is 8.13. The molecule has 0 aliphatic rings. The van der Waals surface area contributed by atoms with E-state index in [1.807, 2.05) is 6.92 Å². The molecule has 2 N–H and O–H groups in total. The molecule has 0 radical (unpaired) electrons. The number of nitrogens with one attached hydrogen (secondary N) is 1. The Balaban J connectivity index is 2.85. The van der Waals surface area contributed by atoms with Gasteiger partial charge in [0.2, 0.25) is 10.0 Å². The fourth-order valence-corrected chi connectivity index (χ4v) is 3.18. The quantitative estimate of drug-likeness (QED) is 0.765. The Bertz CT molecular complexity index is 578. The summed E-state index contributed by atoms with van der Waals surface area (Å²) in [5, 5.41) is 8.78. The molecule has 1 aromatic rings. The van der Waals surface area contributed by atoms with Gasteiger partial charge >= 0.3 is 5.97 Å². The standard InChI is InChI=1S/C14H21NO5S/c1-4-9-20-11-5-7-12(8-6-11)21(18,19)15-14(2,3)10-13(16)17/h5-8,15H,4,9-10H2,1-3H3,(H,16,17). The summed E-state index contributed by atoms with van der Waals surface area (Å²) in [5.41, 5.74) is -1.07. The van der Waals surface area contributed by atoms with Gasteiger partial charge in [-0.3, -0.25) is 4.79 Å². The van der Waals surface area contributed by atoms with Crippen molar-refractivity contribution in [3.63, 3.8) is 0 Å². The van der Waals surface area contributed by atoms with E-state index in [1.54, 1.807) is 12.1 Å². The summed E-state index contributed by atoms with van der Waals surface area (Å²) in [4.78, 5) is 10.8. The first kappa shape index (κ1) is 17.5. The number of carboxylic acids is 1. The van der Waals surface area contributed by atoms with Crippen molar-refractivity contribution in [3.8, 4) is 5.75 Å². The predicted molar refractivity (Wildman–Crippen MR) is 78.9 cm³/mol. The fraction of sp³-hybridized carbons (Fsp3) is 0.500. The lowest BCUT2D eigenvalue weighted by atomic mass is 10.0. The van der Waals surface area contributed by atoms with E-state index in [-0.39, 0.29) is 11.3 Å². The van der Waals surface area contributed by atoms with Gasteiger partial charge in [0.15, 0.2) is 0 Å². The van der Waals surface area contributed by atoms with E-state index < -0.39 is 21.5 Å². The van der Waals surface area contributed by atoms with Gasteiger partial charge in [-0.1, -0.05) is 6.92 Å². The monoisotopic (exact) mass is 315 g/mol. The van der Waals surface area contributed by atoms with Crippen LogP contribution in [-0.4, -0.2) is 31.6 Å². The van der Waals surface area contributed by atoms with Crippen LogP contribution in [0.5, 0.6) is 5.75 Å². The van der Waals surface area contributed by atoms with E-state index in [1.165, 1.54) is 26.0 Å². The van der Waals surface area contributed by atoms with E-state index in [0.717, 1.165) is 6.42 Å². The molecule has 0 aromatic heterocycles.